The second kappa shape index (κ2) is 15.3. The van der Waals surface area contributed by atoms with Crippen LogP contribution in [-0.4, -0.2) is 31.9 Å². The third-order valence-corrected chi connectivity index (χ3v) is 11.2. The van der Waals surface area contributed by atoms with Gasteiger partial charge in [-0.3, -0.25) is 0 Å². The van der Waals surface area contributed by atoms with Gasteiger partial charge < -0.3 is 9.47 Å². The molecule has 3 atom stereocenters. The summed E-state index contributed by atoms with van der Waals surface area (Å²) >= 11 is 0. The molecule has 0 aliphatic heterocycles. The average Bonchev–Trinajstić information content (AvgIpc) is 3.50. The summed E-state index contributed by atoms with van der Waals surface area (Å²) in [6.07, 6.45) is 0. The van der Waals surface area contributed by atoms with Crippen molar-refractivity contribution in [3.05, 3.63) is 182 Å². The molecular weight excluding hydrogens is 640 g/mol. The topological polar surface area (TPSA) is 8.17 Å². The lowest BCUT2D eigenvalue weighted by atomic mass is 10.0. The molecule has 50 heavy (non-hydrogen) atoms. The summed E-state index contributed by atoms with van der Waals surface area (Å²) in [6.45, 7) is 1.94. The number of fused-ring (bicyclic) bond motifs is 3. The Morgan fingerprint density at radius 3 is 1.50 bits per heavy atom. The average molecular weight is 676 g/mol. The molecule has 8 aromatic rings. The minimum absolute atomic E-state index is 0.111. The van der Waals surface area contributed by atoms with Crippen molar-refractivity contribution in [3.63, 3.8) is 0 Å². The van der Waals surface area contributed by atoms with Crippen LogP contribution in [0.4, 0.5) is 17.1 Å². The lowest BCUT2D eigenvalue weighted by molar-refractivity contribution is 1.18. The normalized spacial score (nSPS) is 12.2. The second-order valence-corrected chi connectivity index (χ2v) is 15.4. The van der Waals surface area contributed by atoms with Gasteiger partial charge in [-0.15, -0.1) is 9.24 Å². The van der Waals surface area contributed by atoms with Gasteiger partial charge in [-0.2, -0.15) is 7.80 Å². The zero-order chi connectivity index (χ0) is 34.5. The van der Waals surface area contributed by atoms with Gasteiger partial charge in [0.05, 0.1) is 18.9 Å². The van der Waals surface area contributed by atoms with Gasteiger partial charge in [0, 0.05) is 33.5 Å². The molecule has 0 saturated carbocycles. The monoisotopic (exact) mass is 676 g/mol. The Balaban J connectivity index is 0.000000603. The number of para-hydroxylation sites is 3. The van der Waals surface area contributed by atoms with Crippen LogP contribution in [-0.2, 0) is 0 Å². The van der Waals surface area contributed by atoms with Crippen LogP contribution in [0, 0.1) is 0 Å². The second-order valence-electron chi connectivity index (χ2n) is 12.2. The van der Waals surface area contributed by atoms with E-state index >= 15 is 0 Å². The first kappa shape index (κ1) is 33.6. The van der Waals surface area contributed by atoms with Crippen molar-refractivity contribution >= 4 is 71.3 Å². The Bertz CT molecular complexity index is 2300. The van der Waals surface area contributed by atoms with Crippen LogP contribution in [0.5, 0.6) is 0 Å². The Morgan fingerprint density at radius 2 is 0.920 bits per heavy atom. The summed E-state index contributed by atoms with van der Waals surface area (Å²) in [5.74, 6) is 0. The van der Waals surface area contributed by atoms with Crippen molar-refractivity contribution in [2.24, 2.45) is 0 Å². The molecule has 1 aromatic heterocycles. The van der Waals surface area contributed by atoms with E-state index in [1.54, 1.807) is 0 Å². The number of anilines is 3. The first-order valence-electron chi connectivity index (χ1n) is 16.7. The molecule has 238 valence electrons. The molecule has 4 radical (unpaired) electrons. The first-order chi connectivity index (χ1) is 24.5. The van der Waals surface area contributed by atoms with Crippen LogP contribution < -0.4 is 4.90 Å². The number of rotatable bonds is 7. The van der Waals surface area contributed by atoms with E-state index in [4.69, 9.17) is 15.4 Å². The van der Waals surface area contributed by atoms with E-state index < -0.39 is 7.80 Å². The van der Waals surface area contributed by atoms with Gasteiger partial charge in [0.1, 0.15) is 7.57 Å². The summed E-state index contributed by atoms with van der Waals surface area (Å²) < 4.78 is 2.36. The fourth-order valence-electron chi connectivity index (χ4n) is 6.27. The number of nitrogens with zero attached hydrogens (tertiary/aromatic N) is 2. The van der Waals surface area contributed by atoms with Gasteiger partial charge >= 0.3 is 0 Å². The number of hydrogen-bond donors (Lipinski definition) is 0. The van der Waals surface area contributed by atoms with Gasteiger partial charge in [-0.05, 0) is 89.0 Å². The van der Waals surface area contributed by atoms with Gasteiger partial charge in [-0.25, -0.2) is 0 Å². The molecule has 7 aromatic carbocycles. The summed E-state index contributed by atoms with van der Waals surface area (Å²) in [4.78, 5) is 2.31. The number of aromatic nitrogens is 1. The van der Waals surface area contributed by atoms with Crippen molar-refractivity contribution < 1.29 is 0 Å². The van der Waals surface area contributed by atoms with Crippen molar-refractivity contribution in [1.29, 1.82) is 0 Å². The molecule has 0 fully saturated rings. The Kier molecular flexibility index (Phi) is 10.3. The van der Waals surface area contributed by atoms with E-state index in [-0.39, 0.29) is 5.30 Å². The molecule has 0 saturated heterocycles. The highest BCUT2D eigenvalue weighted by molar-refractivity contribution is 7.87. The highest BCUT2D eigenvalue weighted by atomic mass is 31.2. The Hall–Kier alpha value is -4.87. The molecule has 0 aliphatic carbocycles. The maximum atomic E-state index is 5.35. The predicted octanol–water partition coefficient (Wildman–Crippen LogP) is 12.1. The van der Waals surface area contributed by atoms with Gasteiger partial charge in [0.2, 0.25) is 0 Å². The Morgan fingerprint density at radius 1 is 0.500 bits per heavy atom. The molecular formula is C44H36B2N2P2. The predicted molar refractivity (Wildman–Crippen MR) is 224 cm³/mol. The number of benzene rings is 7. The first-order valence-corrected chi connectivity index (χ1v) is 19.3. The number of hydrogen-bond acceptors (Lipinski definition) is 1. The summed E-state index contributed by atoms with van der Waals surface area (Å²) in [7, 11) is 12.7. The van der Waals surface area contributed by atoms with Crippen LogP contribution in [0.3, 0.4) is 0 Å². The molecule has 0 amide bonds. The lowest BCUT2D eigenvalue weighted by Crippen LogP contribution is -2.09. The SMILES string of the molecule is [B]C(P)P([B])C.c1ccc(-c2ccc(N(c3ccccc3)c3ccc(-c4ccc5c(c4)c4ccccc4n5-c4ccccc4)cc3)cc2)cc1. The summed E-state index contributed by atoms with van der Waals surface area (Å²) in [5, 5.41) is 2.63. The van der Waals surface area contributed by atoms with Gasteiger partial charge in [-0.1, -0.05) is 127 Å². The zero-order valence-electron chi connectivity index (χ0n) is 28.0. The highest BCUT2D eigenvalue weighted by Gasteiger charge is 2.15. The fourth-order valence-corrected chi connectivity index (χ4v) is 6.27. The smallest absolute Gasteiger partial charge is 0.108 e. The van der Waals surface area contributed by atoms with Crippen LogP contribution >= 0.6 is 17.0 Å². The van der Waals surface area contributed by atoms with Crippen LogP contribution in [0.2, 0.25) is 0 Å². The molecule has 0 N–H and O–H groups in total. The quantitative estimate of drug-likeness (QED) is 0.121. The van der Waals surface area contributed by atoms with Crippen molar-refractivity contribution in [3.8, 4) is 27.9 Å². The standard InChI is InChI=1S/C42H30N2.C2H6B2P2/c1-4-12-31(13-5-1)32-20-25-37(26-21-32)43(35-14-6-2-7-15-35)38-27-22-33(23-28-38)34-24-29-42-40(30-34)39-18-10-11-19-41(39)44(42)36-16-8-3-9-17-36;1-6(4)2(3)5/h1-30H;2H,5H2,1H3. The van der Waals surface area contributed by atoms with E-state index in [0.717, 1.165) is 17.1 Å². The van der Waals surface area contributed by atoms with Crippen molar-refractivity contribution in [2.45, 2.75) is 5.30 Å². The van der Waals surface area contributed by atoms with Crippen molar-refractivity contribution in [1.82, 2.24) is 4.57 Å². The molecule has 2 nitrogen and oxygen atoms in total. The van der Waals surface area contributed by atoms with E-state index in [9.17, 15) is 0 Å². The van der Waals surface area contributed by atoms with E-state index in [1.807, 2.05) is 6.66 Å². The molecule has 3 unspecified atom stereocenters. The van der Waals surface area contributed by atoms with Crippen LogP contribution in [0.1, 0.15) is 0 Å². The van der Waals surface area contributed by atoms with Gasteiger partial charge in [0.15, 0.2) is 0 Å². The molecule has 6 heteroatoms. The molecule has 0 bridgehead atoms. The van der Waals surface area contributed by atoms with Crippen LogP contribution in [0.15, 0.2) is 182 Å². The maximum Gasteiger partial charge on any atom is 0.108 e. The third kappa shape index (κ3) is 7.20. The fraction of sp³-hybridized carbons (Fsp3) is 0.0455. The summed E-state index contributed by atoms with van der Waals surface area (Å²) in [6, 6.07) is 65.0. The maximum absolute atomic E-state index is 5.35. The molecule has 0 aliphatic rings. The molecule has 0 spiro atoms. The minimum Gasteiger partial charge on any atom is -0.311 e. The summed E-state index contributed by atoms with van der Waals surface area (Å²) in [5.41, 5.74) is 11.8. The lowest BCUT2D eigenvalue weighted by Gasteiger charge is -2.26. The van der Waals surface area contributed by atoms with Crippen LogP contribution in [0.25, 0.3) is 49.7 Å². The van der Waals surface area contributed by atoms with Gasteiger partial charge in [0.25, 0.3) is 0 Å². The zero-order valence-corrected chi connectivity index (χ0v) is 30.0. The highest BCUT2D eigenvalue weighted by Crippen LogP contribution is 2.38. The van der Waals surface area contributed by atoms with E-state index in [0.29, 0.717) is 0 Å². The molecule has 8 rings (SSSR count). The third-order valence-electron chi connectivity index (χ3n) is 8.86. The minimum atomic E-state index is -0.419. The van der Waals surface area contributed by atoms with E-state index in [2.05, 4.69) is 201 Å². The van der Waals surface area contributed by atoms with E-state index in [1.165, 1.54) is 49.7 Å². The largest absolute Gasteiger partial charge is 0.311 e. The Labute approximate surface area is 301 Å². The van der Waals surface area contributed by atoms with Crippen molar-refractivity contribution in [2.75, 3.05) is 11.6 Å². The molecule has 1 heterocycles.